The molecular formula is C13H19N3O. The Morgan fingerprint density at radius 3 is 2.82 bits per heavy atom. The maximum absolute atomic E-state index is 12.3. The van der Waals surface area contributed by atoms with Crippen molar-refractivity contribution in [1.82, 2.24) is 9.88 Å². The van der Waals surface area contributed by atoms with Crippen LogP contribution in [-0.4, -0.2) is 29.4 Å². The van der Waals surface area contributed by atoms with Gasteiger partial charge in [-0.25, -0.2) is 0 Å². The molecule has 2 N–H and O–H groups in total. The molecule has 0 bridgehead atoms. The van der Waals surface area contributed by atoms with Gasteiger partial charge >= 0.3 is 0 Å². The molecule has 1 aliphatic carbocycles. The van der Waals surface area contributed by atoms with Gasteiger partial charge in [-0.3, -0.25) is 9.78 Å². The van der Waals surface area contributed by atoms with Crippen LogP contribution in [0.15, 0.2) is 24.5 Å². The zero-order valence-corrected chi connectivity index (χ0v) is 10.2. The number of pyridine rings is 1. The highest BCUT2D eigenvalue weighted by Gasteiger charge is 2.44. The Hall–Kier alpha value is -1.42. The lowest BCUT2D eigenvalue weighted by Crippen LogP contribution is -2.50. The lowest BCUT2D eigenvalue weighted by Gasteiger charge is -2.41. The summed E-state index contributed by atoms with van der Waals surface area (Å²) in [6.07, 6.45) is 6.50. The average Bonchev–Trinajstić information content (AvgIpc) is 2.29. The van der Waals surface area contributed by atoms with E-state index in [9.17, 15) is 4.79 Å². The summed E-state index contributed by atoms with van der Waals surface area (Å²) in [6, 6.07) is 3.86. The van der Waals surface area contributed by atoms with Crippen LogP contribution in [0.5, 0.6) is 0 Å². The summed E-state index contributed by atoms with van der Waals surface area (Å²) >= 11 is 0. The van der Waals surface area contributed by atoms with Crippen molar-refractivity contribution in [2.24, 2.45) is 11.1 Å². The third-order valence-electron chi connectivity index (χ3n) is 3.64. The molecular weight excluding hydrogens is 214 g/mol. The Morgan fingerprint density at radius 2 is 2.35 bits per heavy atom. The van der Waals surface area contributed by atoms with Gasteiger partial charge in [0.15, 0.2) is 0 Å². The minimum absolute atomic E-state index is 0.176. The van der Waals surface area contributed by atoms with Crippen molar-refractivity contribution in [1.29, 1.82) is 0 Å². The number of carbonyl (C=O) groups is 1. The fourth-order valence-corrected chi connectivity index (χ4v) is 2.35. The van der Waals surface area contributed by atoms with E-state index in [1.54, 1.807) is 17.3 Å². The molecule has 0 spiro atoms. The fraction of sp³-hybridized carbons (Fsp3) is 0.538. The highest BCUT2D eigenvalue weighted by Crippen LogP contribution is 2.41. The molecule has 0 aliphatic heterocycles. The van der Waals surface area contributed by atoms with Crippen LogP contribution in [0.1, 0.15) is 24.8 Å². The lowest BCUT2D eigenvalue weighted by atomic mass is 9.68. The number of nitrogens with zero attached hydrogens (tertiary/aromatic N) is 2. The first-order valence-electron chi connectivity index (χ1n) is 6.02. The van der Waals surface area contributed by atoms with Crippen LogP contribution in [0.4, 0.5) is 0 Å². The van der Waals surface area contributed by atoms with Crippen LogP contribution in [0, 0.1) is 5.41 Å². The standard InChI is InChI=1S/C13H19N3O/c1-16(9-11-4-2-7-15-8-11)12(17)13(10-14)5-3-6-13/h2,4,7-8H,3,5-6,9-10,14H2,1H3. The van der Waals surface area contributed by atoms with Gasteiger partial charge in [-0.15, -0.1) is 0 Å². The smallest absolute Gasteiger partial charge is 0.230 e. The van der Waals surface area contributed by atoms with Crippen molar-refractivity contribution in [2.45, 2.75) is 25.8 Å². The van der Waals surface area contributed by atoms with E-state index in [1.807, 2.05) is 19.2 Å². The van der Waals surface area contributed by atoms with Crippen molar-refractivity contribution >= 4 is 5.91 Å². The molecule has 1 saturated carbocycles. The first-order chi connectivity index (χ1) is 8.18. The molecule has 1 amide bonds. The van der Waals surface area contributed by atoms with Crippen LogP contribution in [0.3, 0.4) is 0 Å². The Morgan fingerprint density at radius 1 is 1.59 bits per heavy atom. The summed E-state index contributed by atoms with van der Waals surface area (Å²) in [5.74, 6) is 0.176. The number of rotatable bonds is 4. The molecule has 1 fully saturated rings. The summed E-state index contributed by atoms with van der Waals surface area (Å²) in [4.78, 5) is 18.1. The second kappa shape index (κ2) is 4.84. The van der Waals surface area contributed by atoms with Crippen LogP contribution in [0.25, 0.3) is 0 Å². The maximum Gasteiger partial charge on any atom is 0.230 e. The molecule has 0 atom stereocenters. The van der Waals surface area contributed by atoms with Gasteiger partial charge in [-0.05, 0) is 24.5 Å². The van der Waals surface area contributed by atoms with Crippen molar-refractivity contribution in [3.05, 3.63) is 30.1 Å². The van der Waals surface area contributed by atoms with Gasteiger partial charge < -0.3 is 10.6 Å². The minimum Gasteiger partial charge on any atom is -0.341 e. The molecule has 1 heterocycles. The number of hydrogen-bond donors (Lipinski definition) is 1. The SMILES string of the molecule is CN(Cc1cccnc1)C(=O)C1(CN)CCC1. The predicted molar refractivity (Wildman–Crippen MR) is 66.0 cm³/mol. The molecule has 1 aromatic heterocycles. The minimum atomic E-state index is -0.281. The van der Waals surface area contributed by atoms with E-state index in [0.29, 0.717) is 13.1 Å². The first-order valence-corrected chi connectivity index (χ1v) is 6.02. The monoisotopic (exact) mass is 233 g/mol. The van der Waals surface area contributed by atoms with E-state index in [-0.39, 0.29) is 11.3 Å². The summed E-state index contributed by atoms with van der Waals surface area (Å²) in [7, 11) is 1.84. The Balaban J connectivity index is 2.00. The number of amides is 1. The number of aromatic nitrogens is 1. The third kappa shape index (κ3) is 2.31. The van der Waals surface area contributed by atoms with Crippen molar-refractivity contribution in [3.63, 3.8) is 0 Å². The van der Waals surface area contributed by atoms with E-state index in [1.165, 1.54) is 0 Å². The van der Waals surface area contributed by atoms with Gasteiger partial charge in [0.05, 0.1) is 5.41 Å². The molecule has 4 nitrogen and oxygen atoms in total. The maximum atomic E-state index is 12.3. The second-order valence-corrected chi connectivity index (χ2v) is 4.86. The largest absolute Gasteiger partial charge is 0.341 e. The highest BCUT2D eigenvalue weighted by molar-refractivity contribution is 5.83. The Bertz CT molecular complexity index is 381. The number of nitrogens with two attached hydrogens (primary N) is 1. The molecule has 92 valence electrons. The molecule has 0 radical (unpaired) electrons. The van der Waals surface area contributed by atoms with E-state index in [2.05, 4.69) is 4.98 Å². The van der Waals surface area contributed by atoms with Gasteiger partial charge in [0.25, 0.3) is 0 Å². The molecule has 0 saturated heterocycles. The predicted octanol–water partition coefficient (Wildman–Crippen LogP) is 1.17. The summed E-state index contributed by atoms with van der Waals surface area (Å²) < 4.78 is 0. The molecule has 2 rings (SSSR count). The topological polar surface area (TPSA) is 59.2 Å². The average molecular weight is 233 g/mol. The van der Waals surface area contributed by atoms with E-state index in [0.717, 1.165) is 24.8 Å². The second-order valence-electron chi connectivity index (χ2n) is 4.86. The zero-order valence-electron chi connectivity index (χ0n) is 10.2. The van der Waals surface area contributed by atoms with Crippen molar-refractivity contribution in [2.75, 3.05) is 13.6 Å². The van der Waals surface area contributed by atoms with Gasteiger partial charge in [0, 0.05) is 32.5 Å². The van der Waals surface area contributed by atoms with Gasteiger partial charge in [0.2, 0.25) is 5.91 Å². The summed E-state index contributed by atoms with van der Waals surface area (Å²) in [6.45, 7) is 1.07. The van der Waals surface area contributed by atoms with E-state index in [4.69, 9.17) is 5.73 Å². The quantitative estimate of drug-likeness (QED) is 0.849. The Kier molecular flexibility index (Phi) is 3.43. The molecule has 17 heavy (non-hydrogen) atoms. The van der Waals surface area contributed by atoms with Gasteiger partial charge in [-0.1, -0.05) is 12.5 Å². The first kappa shape index (κ1) is 12.0. The van der Waals surface area contributed by atoms with E-state index >= 15 is 0 Å². The molecule has 0 aromatic carbocycles. The number of carbonyl (C=O) groups excluding carboxylic acids is 1. The molecule has 1 aromatic rings. The summed E-state index contributed by atoms with van der Waals surface area (Å²) in [5, 5.41) is 0. The van der Waals surface area contributed by atoms with Crippen LogP contribution >= 0.6 is 0 Å². The highest BCUT2D eigenvalue weighted by atomic mass is 16.2. The van der Waals surface area contributed by atoms with Crippen LogP contribution in [0.2, 0.25) is 0 Å². The van der Waals surface area contributed by atoms with Gasteiger partial charge in [-0.2, -0.15) is 0 Å². The molecule has 0 unspecified atom stereocenters. The molecule has 4 heteroatoms. The third-order valence-corrected chi connectivity index (χ3v) is 3.64. The van der Waals surface area contributed by atoms with Gasteiger partial charge in [0.1, 0.15) is 0 Å². The van der Waals surface area contributed by atoms with Crippen LogP contribution in [-0.2, 0) is 11.3 Å². The summed E-state index contributed by atoms with van der Waals surface area (Å²) in [5.41, 5.74) is 6.51. The normalized spacial score (nSPS) is 17.3. The van der Waals surface area contributed by atoms with E-state index < -0.39 is 0 Å². The fourth-order valence-electron chi connectivity index (χ4n) is 2.35. The molecule has 1 aliphatic rings. The lowest BCUT2D eigenvalue weighted by molar-refractivity contribution is -0.145. The van der Waals surface area contributed by atoms with Crippen molar-refractivity contribution in [3.8, 4) is 0 Å². The number of hydrogen-bond acceptors (Lipinski definition) is 3. The Labute approximate surface area is 102 Å². The van der Waals surface area contributed by atoms with Crippen LogP contribution < -0.4 is 5.73 Å². The van der Waals surface area contributed by atoms with Crippen molar-refractivity contribution < 1.29 is 4.79 Å². The zero-order chi connectivity index (χ0) is 12.3.